The summed E-state index contributed by atoms with van der Waals surface area (Å²) in [4.78, 5) is 0. The molecule has 2 bridgehead atoms. The maximum Gasteiger partial charge on any atom is 0.191 e. The molecule has 0 amide bonds. The average molecular weight is 291 g/mol. The molecular formula is C17H19F2NO. The first-order valence-corrected chi connectivity index (χ1v) is 7.35. The lowest BCUT2D eigenvalue weighted by atomic mass is 9.70. The smallest absolute Gasteiger partial charge is 0.191 e. The summed E-state index contributed by atoms with van der Waals surface area (Å²) in [5, 5.41) is 8.73. The first-order valence-electron chi connectivity index (χ1n) is 7.35. The van der Waals surface area contributed by atoms with Gasteiger partial charge < -0.3 is 4.74 Å². The summed E-state index contributed by atoms with van der Waals surface area (Å²) in [6.07, 6.45) is 2.84. The molecule has 0 aliphatic heterocycles. The maximum atomic E-state index is 14.0. The lowest BCUT2D eigenvalue weighted by Crippen LogP contribution is -2.39. The van der Waals surface area contributed by atoms with Crippen molar-refractivity contribution in [1.82, 2.24) is 0 Å². The van der Waals surface area contributed by atoms with Gasteiger partial charge in [0.2, 0.25) is 0 Å². The quantitative estimate of drug-likeness (QED) is 0.807. The third-order valence-corrected chi connectivity index (χ3v) is 6.10. The van der Waals surface area contributed by atoms with Crippen molar-refractivity contribution in [3.63, 3.8) is 0 Å². The van der Waals surface area contributed by atoms with Crippen LogP contribution in [0.15, 0.2) is 12.1 Å². The predicted molar refractivity (Wildman–Crippen MR) is 74.7 cm³/mol. The highest BCUT2D eigenvalue weighted by molar-refractivity contribution is 5.38. The van der Waals surface area contributed by atoms with E-state index in [4.69, 9.17) is 10.00 Å². The molecule has 0 spiro atoms. The summed E-state index contributed by atoms with van der Waals surface area (Å²) in [5.41, 5.74) is 0.0265. The van der Waals surface area contributed by atoms with Crippen molar-refractivity contribution in [2.45, 2.75) is 46.1 Å². The van der Waals surface area contributed by atoms with Gasteiger partial charge in [-0.1, -0.05) is 20.8 Å². The summed E-state index contributed by atoms with van der Waals surface area (Å²) in [6.45, 7) is 6.60. The van der Waals surface area contributed by atoms with Gasteiger partial charge in [0, 0.05) is 5.41 Å². The molecule has 0 saturated heterocycles. The molecule has 0 heterocycles. The van der Waals surface area contributed by atoms with Crippen LogP contribution in [0.2, 0.25) is 0 Å². The van der Waals surface area contributed by atoms with Gasteiger partial charge in [-0.15, -0.1) is 0 Å². The highest BCUT2D eigenvalue weighted by atomic mass is 19.1. The Bertz CT molecular complexity index is 611. The molecule has 2 fully saturated rings. The zero-order valence-electron chi connectivity index (χ0n) is 12.5. The van der Waals surface area contributed by atoms with Crippen LogP contribution in [-0.4, -0.2) is 6.10 Å². The number of halogens is 2. The highest BCUT2D eigenvalue weighted by Gasteiger charge is 2.62. The molecule has 4 heteroatoms. The van der Waals surface area contributed by atoms with Crippen LogP contribution in [0.3, 0.4) is 0 Å². The number of hydrogen-bond acceptors (Lipinski definition) is 2. The first kappa shape index (κ1) is 14.3. The number of nitriles is 1. The van der Waals surface area contributed by atoms with E-state index in [0.29, 0.717) is 5.92 Å². The van der Waals surface area contributed by atoms with E-state index in [1.807, 2.05) is 0 Å². The van der Waals surface area contributed by atoms with E-state index in [2.05, 4.69) is 20.8 Å². The molecule has 3 rings (SSSR count). The Kier molecular flexibility index (Phi) is 3.02. The monoisotopic (exact) mass is 291 g/mol. The number of fused-ring (bicyclic) bond motifs is 2. The molecule has 2 saturated carbocycles. The Morgan fingerprint density at radius 2 is 1.86 bits per heavy atom. The Morgan fingerprint density at radius 1 is 1.24 bits per heavy atom. The Balaban J connectivity index is 1.92. The zero-order valence-corrected chi connectivity index (χ0v) is 12.5. The fourth-order valence-corrected chi connectivity index (χ4v) is 4.19. The van der Waals surface area contributed by atoms with Crippen LogP contribution in [0.4, 0.5) is 8.78 Å². The number of nitrogens with zero attached hydrogens (tertiary/aromatic N) is 1. The Morgan fingerprint density at radius 3 is 2.29 bits per heavy atom. The van der Waals surface area contributed by atoms with Gasteiger partial charge in [0.25, 0.3) is 0 Å². The van der Waals surface area contributed by atoms with Gasteiger partial charge in [-0.3, -0.25) is 0 Å². The molecule has 1 aromatic rings. The molecular weight excluding hydrogens is 272 g/mol. The number of ether oxygens (including phenoxy) is 1. The second-order valence-corrected chi connectivity index (χ2v) is 7.10. The summed E-state index contributed by atoms with van der Waals surface area (Å²) in [5.74, 6) is -1.40. The summed E-state index contributed by atoms with van der Waals surface area (Å²) >= 11 is 0. The van der Waals surface area contributed by atoms with Crippen molar-refractivity contribution >= 4 is 0 Å². The molecule has 2 nitrogen and oxygen atoms in total. The van der Waals surface area contributed by atoms with E-state index < -0.39 is 11.6 Å². The van der Waals surface area contributed by atoms with E-state index in [1.165, 1.54) is 0 Å². The van der Waals surface area contributed by atoms with Gasteiger partial charge >= 0.3 is 0 Å². The van der Waals surface area contributed by atoms with E-state index in [1.54, 1.807) is 6.07 Å². The van der Waals surface area contributed by atoms with E-state index >= 15 is 0 Å². The lowest BCUT2D eigenvalue weighted by molar-refractivity contribution is 0.0252. The number of hydrogen-bond donors (Lipinski definition) is 0. The lowest BCUT2D eigenvalue weighted by Gasteiger charge is -2.38. The molecule has 0 N–H and O–H groups in total. The Labute approximate surface area is 123 Å². The van der Waals surface area contributed by atoms with E-state index in [0.717, 1.165) is 31.4 Å². The van der Waals surface area contributed by atoms with Crippen LogP contribution in [0.1, 0.15) is 45.6 Å². The summed E-state index contributed by atoms with van der Waals surface area (Å²) in [7, 11) is 0. The van der Waals surface area contributed by atoms with Crippen molar-refractivity contribution in [2.24, 2.45) is 16.7 Å². The minimum atomic E-state index is -0.796. The molecule has 2 aliphatic carbocycles. The summed E-state index contributed by atoms with van der Waals surface area (Å²) in [6, 6.07) is 3.80. The topological polar surface area (TPSA) is 33.0 Å². The van der Waals surface area contributed by atoms with Crippen LogP contribution >= 0.6 is 0 Å². The second-order valence-electron chi connectivity index (χ2n) is 7.10. The van der Waals surface area contributed by atoms with Gasteiger partial charge in [-0.25, -0.2) is 8.78 Å². The molecule has 1 aromatic carbocycles. The molecule has 0 radical (unpaired) electrons. The average Bonchev–Trinajstić information content (AvgIpc) is 2.75. The number of rotatable bonds is 2. The van der Waals surface area contributed by atoms with Gasteiger partial charge in [0.15, 0.2) is 17.4 Å². The van der Waals surface area contributed by atoms with Crippen LogP contribution < -0.4 is 4.74 Å². The minimum absolute atomic E-state index is 0.0307. The molecule has 21 heavy (non-hydrogen) atoms. The third-order valence-electron chi connectivity index (χ3n) is 6.10. The van der Waals surface area contributed by atoms with Crippen molar-refractivity contribution < 1.29 is 13.5 Å². The maximum absolute atomic E-state index is 14.0. The SMILES string of the molecule is CC1(C)C2CCC1(C)C(Oc1c(F)cc(C#N)cc1F)C2. The summed E-state index contributed by atoms with van der Waals surface area (Å²) < 4.78 is 33.7. The second kappa shape index (κ2) is 4.43. The molecule has 112 valence electrons. The normalized spacial score (nSPS) is 33.0. The molecule has 3 atom stereocenters. The van der Waals surface area contributed by atoms with Gasteiger partial charge in [-0.05, 0) is 42.7 Å². The van der Waals surface area contributed by atoms with Crippen molar-refractivity contribution in [2.75, 3.05) is 0 Å². The fraction of sp³-hybridized carbons (Fsp3) is 0.588. The fourth-order valence-electron chi connectivity index (χ4n) is 4.19. The zero-order chi connectivity index (χ0) is 15.4. The standard InChI is InChI=1S/C17H19F2NO/c1-16(2)11-4-5-17(16,3)14(8-11)21-15-12(18)6-10(9-20)7-13(15)19/h6-7,11,14H,4-5,8H2,1-3H3. The molecule has 0 aromatic heterocycles. The highest BCUT2D eigenvalue weighted by Crippen LogP contribution is 2.66. The number of benzene rings is 1. The largest absolute Gasteiger partial charge is 0.484 e. The predicted octanol–water partition coefficient (Wildman–Crippen LogP) is 4.43. The first-order chi connectivity index (χ1) is 9.79. The molecule has 3 unspecified atom stereocenters. The van der Waals surface area contributed by atoms with Crippen molar-refractivity contribution in [3.05, 3.63) is 29.3 Å². The van der Waals surface area contributed by atoms with Gasteiger partial charge in [-0.2, -0.15) is 5.26 Å². The van der Waals surface area contributed by atoms with E-state index in [9.17, 15) is 8.78 Å². The van der Waals surface area contributed by atoms with E-state index in [-0.39, 0.29) is 28.2 Å². The van der Waals surface area contributed by atoms with Crippen LogP contribution in [-0.2, 0) is 0 Å². The van der Waals surface area contributed by atoms with Crippen LogP contribution in [0, 0.1) is 39.7 Å². The van der Waals surface area contributed by atoms with Crippen LogP contribution in [0.5, 0.6) is 5.75 Å². The van der Waals surface area contributed by atoms with Gasteiger partial charge in [0.1, 0.15) is 6.10 Å². The Hall–Kier alpha value is -1.63. The minimum Gasteiger partial charge on any atom is -0.484 e. The third kappa shape index (κ3) is 1.87. The molecule has 2 aliphatic rings. The van der Waals surface area contributed by atoms with Crippen molar-refractivity contribution in [3.8, 4) is 11.8 Å². The van der Waals surface area contributed by atoms with Crippen molar-refractivity contribution in [1.29, 1.82) is 5.26 Å². The van der Waals surface area contributed by atoms with Gasteiger partial charge in [0.05, 0.1) is 11.6 Å². The van der Waals surface area contributed by atoms with Crippen LogP contribution in [0.25, 0.3) is 0 Å².